The van der Waals surface area contributed by atoms with Crippen LogP contribution in [0.3, 0.4) is 0 Å². The fourth-order valence-corrected chi connectivity index (χ4v) is 1.68. The minimum atomic E-state index is -1.53. The summed E-state index contributed by atoms with van der Waals surface area (Å²) in [6.07, 6.45) is -1.53. The van der Waals surface area contributed by atoms with Crippen LogP contribution < -0.4 is 4.74 Å². The first-order valence-electron chi connectivity index (χ1n) is 5.49. The van der Waals surface area contributed by atoms with Crippen LogP contribution in [0.15, 0.2) is 24.3 Å². The van der Waals surface area contributed by atoms with Crippen molar-refractivity contribution in [3.05, 3.63) is 40.7 Å². The standard InChI is InChI=1S/C13H14ClFO4/c1-4-19-9-6-5-8(11(15)10(9)14)12(16)7(2)13(17)18-3/h5-6,12,16H,2,4H2,1,3H3. The van der Waals surface area contributed by atoms with E-state index in [4.69, 9.17) is 16.3 Å². The third-order valence-electron chi connectivity index (χ3n) is 2.45. The number of rotatable bonds is 5. The van der Waals surface area contributed by atoms with E-state index in [1.165, 1.54) is 12.1 Å². The molecule has 0 amide bonds. The lowest BCUT2D eigenvalue weighted by Crippen LogP contribution is -2.13. The third-order valence-corrected chi connectivity index (χ3v) is 2.80. The number of methoxy groups -OCH3 is 1. The normalized spacial score (nSPS) is 11.8. The molecule has 6 heteroatoms. The van der Waals surface area contributed by atoms with E-state index in [9.17, 15) is 14.3 Å². The largest absolute Gasteiger partial charge is 0.492 e. The second kappa shape index (κ2) is 6.54. The molecule has 0 aliphatic rings. The highest BCUT2D eigenvalue weighted by Gasteiger charge is 2.24. The van der Waals surface area contributed by atoms with Gasteiger partial charge >= 0.3 is 5.97 Å². The molecule has 0 heterocycles. The topological polar surface area (TPSA) is 55.8 Å². The van der Waals surface area contributed by atoms with Crippen molar-refractivity contribution in [3.63, 3.8) is 0 Å². The Hall–Kier alpha value is -1.59. The van der Waals surface area contributed by atoms with Gasteiger partial charge in [0.05, 0.1) is 19.3 Å². The summed E-state index contributed by atoms with van der Waals surface area (Å²) in [6, 6.07) is 2.70. The Labute approximate surface area is 115 Å². The van der Waals surface area contributed by atoms with Crippen LogP contribution >= 0.6 is 11.6 Å². The summed E-state index contributed by atoms with van der Waals surface area (Å²) in [5.41, 5.74) is -0.439. The fourth-order valence-electron chi connectivity index (χ4n) is 1.46. The molecule has 0 bridgehead atoms. The fraction of sp³-hybridized carbons (Fsp3) is 0.308. The van der Waals surface area contributed by atoms with Crippen molar-refractivity contribution >= 4 is 17.6 Å². The van der Waals surface area contributed by atoms with E-state index in [1.807, 2.05) is 0 Å². The number of aliphatic hydroxyl groups excluding tert-OH is 1. The second-order valence-corrected chi connectivity index (χ2v) is 4.01. The van der Waals surface area contributed by atoms with Crippen LogP contribution in [0.25, 0.3) is 0 Å². The van der Waals surface area contributed by atoms with Gasteiger partial charge in [-0.3, -0.25) is 0 Å². The highest BCUT2D eigenvalue weighted by atomic mass is 35.5. The molecule has 0 fully saturated rings. The monoisotopic (exact) mass is 288 g/mol. The molecule has 1 N–H and O–H groups in total. The molecule has 1 rings (SSSR count). The number of aliphatic hydroxyl groups is 1. The maximum Gasteiger partial charge on any atom is 0.336 e. The Morgan fingerprint density at radius 2 is 2.21 bits per heavy atom. The van der Waals surface area contributed by atoms with E-state index in [0.29, 0.717) is 6.61 Å². The zero-order valence-corrected chi connectivity index (χ0v) is 11.3. The van der Waals surface area contributed by atoms with Crippen LogP contribution in [-0.2, 0) is 9.53 Å². The van der Waals surface area contributed by atoms with Crippen molar-refractivity contribution in [2.24, 2.45) is 0 Å². The maximum absolute atomic E-state index is 14.0. The first-order valence-corrected chi connectivity index (χ1v) is 5.87. The first-order chi connectivity index (χ1) is 8.93. The number of hydrogen-bond donors (Lipinski definition) is 1. The summed E-state index contributed by atoms with van der Waals surface area (Å²) in [6.45, 7) is 5.43. The van der Waals surface area contributed by atoms with Crippen LogP contribution in [-0.4, -0.2) is 24.8 Å². The minimum Gasteiger partial charge on any atom is -0.492 e. The zero-order chi connectivity index (χ0) is 14.6. The Balaban J connectivity index is 3.12. The zero-order valence-electron chi connectivity index (χ0n) is 10.6. The van der Waals surface area contributed by atoms with Crippen molar-refractivity contribution in [2.45, 2.75) is 13.0 Å². The number of benzene rings is 1. The number of carbonyl (C=O) groups is 1. The van der Waals surface area contributed by atoms with E-state index in [0.717, 1.165) is 7.11 Å². The van der Waals surface area contributed by atoms with Gasteiger partial charge in [0.1, 0.15) is 16.9 Å². The average Bonchev–Trinajstić information content (AvgIpc) is 2.42. The van der Waals surface area contributed by atoms with E-state index in [1.54, 1.807) is 6.92 Å². The molecule has 4 nitrogen and oxygen atoms in total. The van der Waals surface area contributed by atoms with Gasteiger partial charge in [-0.1, -0.05) is 18.2 Å². The minimum absolute atomic E-state index is 0.163. The molecule has 0 saturated heterocycles. The SMILES string of the molecule is C=C(C(=O)OC)C(O)c1ccc(OCC)c(Cl)c1F. The van der Waals surface area contributed by atoms with E-state index < -0.39 is 17.9 Å². The lowest BCUT2D eigenvalue weighted by atomic mass is 10.0. The van der Waals surface area contributed by atoms with E-state index >= 15 is 0 Å². The molecule has 0 aromatic heterocycles. The first kappa shape index (κ1) is 15.5. The summed E-state index contributed by atoms with van der Waals surface area (Å²) in [5.74, 6) is -1.51. The van der Waals surface area contributed by atoms with Gasteiger partial charge in [0, 0.05) is 5.56 Å². The van der Waals surface area contributed by atoms with Crippen LogP contribution in [0.2, 0.25) is 5.02 Å². The van der Waals surface area contributed by atoms with Gasteiger partial charge in [-0.15, -0.1) is 0 Å². The Bertz CT molecular complexity index is 502. The number of hydrogen-bond acceptors (Lipinski definition) is 4. The molecule has 104 valence electrons. The molecule has 0 aliphatic carbocycles. The lowest BCUT2D eigenvalue weighted by Gasteiger charge is -2.15. The summed E-state index contributed by atoms with van der Waals surface area (Å²) in [4.78, 5) is 11.2. The van der Waals surface area contributed by atoms with Gasteiger partial charge in [-0.05, 0) is 19.1 Å². The Morgan fingerprint density at radius 3 is 2.74 bits per heavy atom. The van der Waals surface area contributed by atoms with E-state index in [2.05, 4.69) is 11.3 Å². The molecule has 1 atom stereocenters. The molecule has 19 heavy (non-hydrogen) atoms. The molecule has 0 radical (unpaired) electrons. The Kier molecular flexibility index (Phi) is 5.32. The van der Waals surface area contributed by atoms with Crippen LogP contribution in [0.4, 0.5) is 4.39 Å². The number of carbonyl (C=O) groups excluding carboxylic acids is 1. The van der Waals surface area contributed by atoms with Crippen molar-refractivity contribution in [1.29, 1.82) is 0 Å². The van der Waals surface area contributed by atoms with Gasteiger partial charge < -0.3 is 14.6 Å². The molecule has 1 aromatic rings. The van der Waals surface area contributed by atoms with Gasteiger partial charge in [0.15, 0.2) is 5.82 Å². The van der Waals surface area contributed by atoms with Gasteiger partial charge in [0.25, 0.3) is 0 Å². The smallest absolute Gasteiger partial charge is 0.336 e. The highest BCUT2D eigenvalue weighted by molar-refractivity contribution is 6.32. The van der Waals surface area contributed by atoms with Crippen molar-refractivity contribution in [1.82, 2.24) is 0 Å². The van der Waals surface area contributed by atoms with Gasteiger partial charge in [-0.2, -0.15) is 0 Å². The van der Waals surface area contributed by atoms with Crippen molar-refractivity contribution in [2.75, 3.05) is 13.7 Å². The van der Waals surface area contributed by atoms with Gasteiger partial charge in [-0.25, -0.2) is 9.18 Å². The second-order valence-electron chi connectivity index (χ2n) is 3.63. The predicted molar refractivity (Wildman–Crippen MR) is 68.7 cm³/mol. The third kappa shape index (κ3) is 3.24. The molecule has 0 spiro atoms. The summed E-state index contributed by atoms with van der Waals surface area (Å²) < 4.78 is 23.5. The van der Waals surface area contributed by atoms with Crippen LogP contribution in [0.5, 0.6) is 5.75 Å². The quantitative estimate of drug-likeness (QED) is 0.668. The predicted octanol–water partition coefficient (Wildman–Crippen LogP) is 2.64. The number of esters is 1. The summed E-state index contributed by atoms with van der Waals surface area (Å²) >= 11 is 5.78. The van der Waals surface area contributed by atoms with Crippen LogP contribution in [0.1, 0.15) is 18.6 Å². The molecular weight excluding hydrogens is 275 g/mol. The molecule has 1 aromatic carbocycles. The molecule has 0 aliphatic heterocycles. The summed E-state index contributed by atoms with van der Waals surface area (Å²) in [7, 11) is 1.14. The maximum atomic E-state index is 14.0. The lowest BCUT2D eigenvalue weighted by molar-refractivity contribution is -0.137. The molecule has 1 unspecified atom stereocenters. The number of ether oxygens (including phenoxy) is 2. The van der Waals surface area contributed by atoms with Crippen molar-refractivity contribution < 1.29 is 23.8 Å². The van der Waals surface area contributed by atoms with E-state index in [-0.39, 0.29) is 21.9 Å². The number of halogens is 2. The average molecular weight is 289 g/mol. The molecular formula is C13H14ClFO4. The van der Waals surface area contributed by atoms with Gasteiger partial charge in [0.2, 0.25) is 0 Å². The Morgan fingerprint density at radius 1 is 1.58 bits per heavy atom. The van der Waals surface area contributed by atoms with Crippen molar-refractivity contribution in [3.8, 4) is 5.75 Å². The summed E-state index contributed by atoms with van der Waals surface area (Å²) in [5, 5.41) is 9.62. The van der Waals surface area contributed by atoms with Crippen LogP contribution in [0, 0.1) is 5.82 Å². The molecule has 0 saturated carbocycles. The highest BCUT2D eigenvalue weighted by Crippen LogP contribution is 2.34.